The quantitative estimate of drug-likeness (QED) is 0.724. The number of carbonyl (C=O) groups excluding carboxylic acids is 1. The van der Waals surface area contributed by atoms with E-state index in [0.29, 0.717) is 6.54 Å². The van der Waals surface area contributed by atoms with Gasteiger partial charge < -0.3 is 9.64 Å². The van der Waals surface area contributed by atoms with Crippen molar-refractivity contribution in [2.24, 2.45) is 16.0 Å². The van der Waals surface area contributed by atoms with E-state index in [1.165, 1.54) is 22.8 Å². The molecule has 4 aliphatic rings. The van der Waals surface area contributed by atoms with Crippen LogP contribution >= 0.6 is 0 Å². The van der Waals surface area contributed by atoms with Gasteiger partial charge in [0.25, 0.3) is 0 Å². The smallest absolute Gasteiger partial charge is 0.245 e. The molecule has 1 amide bonds. The first-order valence-electron chi connectivity index (χ1n) is 11.6. The number of morpholine rings is 1. The molecule has 3 unspecified atom stereocenters. The zero-order valence-electron chi connectivity index (χ0n) is 18.4. The predicted octanol–water partition coefficient (Wildman–Crippen LogP) is 2.32. The molecule has 4 aliphatic heterocycles. The topological polar surface area (TPSA) is 69.5 Å². The molecule has 0 bridgehead atoms. The van der Waals surface area contributed by atoms with E-state index in [1.807, 2.05) is 11.1 Å². The van der Waals surface area contributed by atoms with Gasteiger partial charge in [0.1, 0.15) is 6.04 Å². The number of likely N-dealkylation sites (tertiary alicyclic amines) is 1. The third-order valence-electron chi connectivity index (χ3n) is 6.86. The summed E-state index contributed by atoms with van der Waals surface area (Å²) < 4.78 is 5.46. The molecule has 0 spiro atoms. The van der Waals surface area contributed by atoms with Crippen molar-refractivity contribution < 1.29 is 9.53 Å². The molecular weight excluding hydrogens is 402 g/mol. The van der Waals surface area contributed by atoms with Gasteiger partial charge in [0.15, 0.2) is 0 Å². The summed E-state index contributed by atoms with van der Waals surface area (Å²) in [5, 5.41) is 4.32. The number of hydrogen-bond donors (Lipinski definition) is 1. The first-order valence-corrected chi connectivity index (χ1v) is 11.6. The van der Waals surface area contributed by atoms with Gasteiger partial charge in [-0.15, -0.1) is 0 Å². The van der Waals surface area contributed by atoms with Crippen LogP contribution in [0.3, 0.4) is 0 Å². The Morgan fingerprint density at radius 1 is 1.22 bits per heavy atom. The van der Waals surface area contributed by atoms with Gasteiger partial charge >= 0.3 is 0 Å². The van der Waals surface area contributed by atoms with E-state index in [9.17, 15) is 4.79 Å². The van der Waals surface area contributed by atoms with Gasteiger partial charge in [-0.2, -0.15) is 5.10 Å². The number of hydrazone groups is 1. The lowest BCUT2D eigenvalue weighted by atomic mass is 9.85. The molecule has 7 nitrogen and oxygen atoms in total. The van der Waals surface area contributed by atoms with Gasteiger partial charge in [-0.05, 0) is 36.1 Å². The maximum atomic E-state index is 12.1. The van der Waals surface area contributed by atoms with E-state index in [-0.39, 0.29) is 23.9 Å². The molecule has 32 heavy (non-hydrogen) atoms. The van der Waals surface area contributed by atoms with Gasteiger partial charge in [-0.1, -0.05) is 30.8 Å². The zero-order chi connectivity index (χ0) is 21.9. The second-order valence-corrected chi connectivity index (χ2v) is 8.97. The largest absolute Gasteiger partial charge is 0.379 e. The number of amides is 1. The number of allylic oxidation sites excluding steroid dienone is 1. The third-order valence-corrected chi connectivity index (χ3v) is 6.86. The monoisotopic (exact) mass is 433 g/mol. The second-order valence-electron chi connectivity index (χ2n) is 8.97. The van der Waals surface area contributed by atoms with Crippen LogP contribution in [-0.2, 0) is 16.1 Å². The SMILES string of the molecule is C=CC(=O)N1CCCC(C2=NC(c3ccc(CN4CCOCC4)cc3)C3NN=CC3=C2)C1. The minimum absolute atomic E-state index is 0.00754. The van der Waals surface area contributed by atoms with Crippen LogP contribution in [0.15, 0.2) is 58.7 Å². The van der Waals surface area contributed by atoms with Crippen molar-refractivity contribution in [2.45, 2.75) is 31.5 Å². The fourth-order valence-electron chi connectivity index (χ4n) is 5.05. The maximum absolute atomic E-state index is 12.1. The van der Waals surface area contributed by atoms with Crippen LogP contribution in [0.4, 0.5) is 0 Å². The molecule has 0 saturated carbocycles. The summed E-state index contributed by atoms with van der Waals surface area (Å²) in [4.78, 5) is 21.7. The lowest BCUT2D eigenvalue weighted by Crippen LogP contribution is -2.42. The molecule has 2 saturated heterocycles. The second kappa shape index (κ2) is 9.38. The molecule has 3 atom stereocenters. The third kappa shape index (κ3) is 4.40. The average Bonchev–Trinajstić information content (AvgIpc) is 3.33. The highest BCUT2D eigenvalue weighted by atomic mass is 16.5. The lowest BCUT2D eigenvalue weighted by molar-refractivity contribution is -0.127. The minimum atomic E-state index is -0.0181. The van der Waals surface area contributed by atoms with Crippen LogP contribution in [-0.4, -0.2) is 73.1 Å². The Morgan fingerprint density at radius 2 is 2.03 bits per heavy atom. The highest BCUT2D eigenvalue weighted by molar-refractivity contribution is 6.04. The number of rotatable bonds is 5. The molecule has 5 rings (SSSR count). The van der Waals surface area contributed by atoms with Gasteiger partial charge in [0, 0.05) is 49.9 Å². The van der Waals surface area contributed by atoms with Crippen molar-refractivity contribution in [1.82, 2.24) is 15.2 Å². The number of ether oxygens (including phenoxy) is 1. The number of nitrogens with one attached hydrogen (secondary N) is 1. The van der Waals surface area contributed by atoms with Crippen LogP contribution in [0, 0.1) is 5.92 Å². The highest BCUT2D eigenvalue weighted by Gasteiger charge is 2.35. The summed E-state index contributed by atoms with van der Waals surface area (Å²) in [7, 11) is 0. The van der Waals surface area contributed by atoms with Crippen molar-refractivity contribution in [3.63, 3.8) is 0 Å². The molecule has 1 aromatic rings. The fourth-order valence-corrected chi connectivity index (χ4v) is 5.05. The summed E-state index contributed by atoms with van der Waals surface area (Å²) in [6.45, 7) is 9.71. The van der Waals surface area contributed by atoms with E-state index in [1.54, 1.807) is 0 Å². The molecule has 0 aliphatic carbocycles. The maximum Gasteiger partial charge on any atom is 0.245 e. The average molecular weight is 434 g/mol. The van der Waals surface area contributed by atoms with Gasteiger partial charge in [0.05, 0.1) is 25.5 Å². The Bertz CT molecular complexity index is 946. The zero-order valence-corrected chi connectivity index (χ0v) is 18.4. The molecule has 0 aromatic heterocycles. The van der Waals surface area contributed by atoms with Crippen LogP contribution in [0.25, 0.3) is 0 Å². The first kappa shape index (κ1) is 21.1. The van der Waals surface area contributed by atoms with E-state index in [2.05, 4.69) is 52.3 Å². The predicted molar refractivity (Wildman–Crippen MR) is 126 cm³/mol. The summed E-state index contributed by atoms with van der Waals surface area (Å²) in [5.74, 6) is 0.256. The van der Waals surface area contributed by atoms with Crippen molar-refractivity contribution in [2.75, 3.05) is 39.4 Å². The van der Waals surface area contributed by atoms with Crippen molar-refractivity contribution >= 4 is 17.8 Å². The number of fused-ring (bicyclic) bond motifs is 1. The number of piperidine rings is 1. The van der Waals surface area contributed by atoms with Crippen molar-refractivity contribution in [3.8, 4) is 0 Å². The molecule has 1 aromatic carbocycles. The number of benzene rings is 1. The Morgan fingerprint density at radius 3 is 2.81 bits per heavy atom. The molecule has 168 valence electrons. The van der Waals surface area contributed by atoms with E-state index in [4.69, 9.17) is 9.73 Å². The first-order chi connectivity index (χ1) is 15.7. The van der Waals surface area contributed by atoms with Crippen molar-refractivity contribution in [3.05, 3.63) is 59.7 Å². The van der Waals surface area contributed by atoms with E-state index >= 15 is 0 Å². The highest BCUT2D eigenvalue weighted by Crippen LogP contribution is 2.34. The molecule has 0 radical (unpaired) electrons. The van der Waals surface area contributed by atoms with Crippen LogP contribution in [0.2, 0.25) is 0 Å². The van der Waals surface area contributed by atoms with Crippen LogP contribution < -0.4 is 5.43 Å². The molecule has 2 fully saturated rings. The van der Waals surface area contributed by atoms with Crippen molar-refractivity contribution in [1.29, 1.82) is 0 Å². The Labute approximate surface area is 189 Å². The normalized spacial score (nSPS) is 27.9. The number of aliphatic imine (C=N–C) groups is 1. The Kier molecular flexibility index (Phi) is 6.19. The number of carbonyl (C=O) groups is 1. The van der Waals surface area contributed by atoms with Crippen LogP contribution in [0.5, 0.6) is 0 Å². The summed E-state index contributed by atoms with van der Waals surface area (Å²) in [6.07, 6.45) is 7.53. The van der Waals surface area contributed by atoms with E-state index < -0.39 is 0 Å². The molecular formula is C25H31N5O2. The van der Waals surface area contributed by atoms with Gasteiger partial charge in [0.2, 0.25) is 5.91 Å². The Balaban J connectivity index is 1.34. The Hall–Kier alpha value is -2.77. The summed E-state index contributed by atoms with van der Waals surface area (Å²) >= 11 is 0. The summed E-state index contributed by atoms with van der Waals surface area (Å²) in [6, 6.07) is 8.91. The fraction of sp³-hybridized carbons (Fsp3) is 0.480. The molecule has 4 heterocycles. The lowest BCUT2D eigenvalue weighted by Gasteiger charge is -2.35. The van der Waals surface area contributed by atoms with Gasteiger partial charge in [-0.25, -0.2) is 0 Å². The number of dihydropyridines is 1. The van der Waals surface area contributed by atoms with Gasteiger partial charge in [-0.3, -0.25) is 20.1 Å². The number of nitrogens with zero attached hydrogens (tertiary/aromatic N) is 4. The number of hydrogen-bond acceptors (Lipinski definition) is 6. The standard InChI is InChI=1S/C25H31N5O2/c1-2-23(31)30-9-3-4-20(17-30)22-14-21-15-26-28-25(21)24(27-22)19-7-5-18(6-8-19)16-29-10-12-32-13-11-29/h2,5-8,14-15,20,24-25,28H,1,3-4,9-13,16-17H2. The minimum Gasteiger partial charge on any atom is -0.379 e. The summed E-state index contributed by atoms with van der Waals surface area (Å²) in [5.41, 5.74) is 8.00. The molecule has 7 heteroatoms. The van der Waals surface area contributed by atoms with Crippen LogP contribution in [0.1, 0.15) is 30.0 Å². The molecule has 1 N–H and O–H groups in total. The van der Waals surface area contributed by atoms with E-state index in [0.717, 1.165) is 57.9 Å².